The standard InChI is InChI=1S/C43H34N2/c1-2-6-15-30(14-5-1)41-28-35(29-42(45-41)31-16-7-3-8-17-31)33-19-13-18-32(26-33)34-23-24-37-39-21-9-4-12-25-44-43(39)38-22-11-10-20-36(38)40(37)27-34/h1-8,10-14,16-20,22-29,41,45H,9,15,21H2/b12-4-,44-25?. The molecule has 0 saturated carbocycles. The van der Waals surface area contributed by atoms with Gasteiger partial charge in [0, 0.05) is 17.3 Å². The SMILES string of the molecule is C1=CC=C(C2C=C(c3cccc(-c4ccc5c6c(c7ccccc7c5c4)N=C/C=C\CC6)c3)C=C(c3ccccc3)N2)CC=C1. The summed E-state index contributed by atoms with van der Waals surface area (Å²) in [6, 6.07) is 35.5. The topological polar surface area (TPSA) is 24.4 Å². The minimum Gasteiger partial charge on any atom is -0.375 e. The van der Waals surface area contributed by atoms with Crippen molar-refractivity contribution in [2.75, 3.05) is 0 Å². The van der Waals surface area contributed by atoms with Crippen LogP contribution in [-0.4, -0.2) is 12.3 Å². The molecule has 5 aromatic rings. The summed E-state index contributed by atoms with van der Waals surface area (Å²) >= 11 is 0. The summed E-state index contributed by atoms with van der Waals surface area (Å²) in [5, 5.41) is 8.89. The number of allylic oxidation sites excluding steroid dienone is 9. The minimum absolute atomic E-state index is 0.111. The molecule has 0 amide bonds. The largest absolute Gasteiger partial charge is 0.375 e. The van der Waals surface area contributed by atoms with Gasteiger partial charge in [0.25, 0.3) is 0 Å². The lowest BCUT2D eigenvalue weighted by Gasteiger charge is -2.27. The summed E-state index contributed by atoms with van der Waals surface area (Å²) in [5.74, 6) is 0. The highest BCUT2D eigenvalue weighted by molar-refractivity contribution is 6.16. The molecule has 5 aromatic carbocycles. The number of aryl methyl sites for hydroxylation is 1. The van der Waals surface area contributed by atoms with Crippen LogP contribution in [0.2, 0.25) is 0 Å². The Morgan fingerprint density at radius 2 is 1.44 bits per heavy atom. The van der Waals surface area contributed by atoms with Crippen LogP contribution >= 0.6 is 0 Å². The van der Waals surface area contributed by atoms with E-state index in [0.29, 0.717) is 0 Å². The van der Waals surface area contributed by atoms with Gasteiger partial charge in [-0.05, 0) is 98.7 Å². The number of benzene rings is 5. The zero-order valence-corrected chi connectivity index (χ0v) is 25.2. The van der Waals surface area contributed by atoms with E-state index in [4.69, 9.17) is 4.99 Å². The second-order valence-corrected chi connectivity index (χ2v) is 11.9. The van der Waals surface area contributed by atoms with E-state index in [1.807, 2.05) is 6.21 Å². The van der Waals surface area contributed by atoms with Crippen molar-refractivity contribution in [3.8, 4) is 11.1 Å². The molecule has 0 radical (unpaired) electrons. The smallest absolute Gasteiger partial charge is 0.0746 e. The van der Waals surface area contributed by atoms with Gasteiger partial charge in [0.2, 0.25) is 0 Å². The predicted octanol–water partition coefficient (Wildman–Crippen LogP) is 10.7. The van der Waals surface area contributed by atoms with Gasteiger partial charge in [-0.2, -0.15) is 0 Å². The zero-order valence-electron chi connectivity index (χ0n) is 25.2. The molecule has 1 atom stereocenters. The highest BCUT2D eigenvalue weighted by Crippen LogP contribution is 2.41. The molecule has 2 heterocycles. The summed E-state index contributed by atoms with van der Waals surface area (Å²) in [6.07, 6.45) is 24.7. The fourth-order valence-corrected chi connectivity index (χ4v) is 6.83. The van der Waals surface area contributed by atoms with E-state index in [2.05, 4.69) is 157 Å². The molecule has 0 spiro atoms. The average Bonchev–Trinajstić information content (AvgIpc) is 3.39. The van der Waals surface area contributed by atoms with Gasteiger partial charge in [-0.3, -0.25) is 4.99 Å². The molecule has 0 bridgehead atoms. The van der Waals surface area contributed by atoms with Crippen LogP contribution in [0.3, 0.4) is 0 Å². The summed E-state index contributed by atoms with van der Waals surface area (Å²) < 4.78 is 0. The normalized spacial score (nSPS) is 18.2. The molecule has 45 heavy (non-hydrogen) atoms. The lowest BCUT2D eigenvalue weighted by molar-refractivity contribution is 0.786. The van der Waals surface area contributed by atoms with Gasteiger partial charge < -0.3 is 5.32 Å². The van der Waals surface area contributed by atoms with Crippen LogP contribution in [0.25, 0.3) is 43.9 Å². The zero-order chi connectivity index (χ0) is 30.0. The molecule has 216 valence electrons. The third-order valence-electron chi connectivity index (χ3n) is 9.08. The van der Waals surface area contributed by atoms with Crippen LogP contribution in [0, 0.1) is 0 Å². The summed E-state index contributed by atoms with van der Waals surface area (Å²) in [6.45, 7) is 0. The van der Waals surface area contributed by atoms with Gasteiger partial charge >= 0.3 is 0 Å². The average molecular weight is 579 g/mol. The van der Waals surface area contributed by atoms with Crippen molar-refractivity contribution in [1.29, 1.82) is 0 Å². The van der Waals surface area contributed by atoms with Crippen molar-refractivity contribution >= 4 is 44.7 Å². The van der Waals surface area contributed by atoms with E-state index in [0.717, 1.165) is 30.6 Å². The Labute approximate surface area is 264 Å². The maximum atomic E-state index is 4.90. The number of nitrogens with zero attached hydrogens (tertiary/aromatic N) is 1. The summed E-state index contributed by atoms with van der Waals surface area (Å²) in [4.78, 5) is 4.90. The fourth-order valence-electron chi connectivity index (χ4n) is 6.83. The van der Waals surface area contributed by atoms with Gasteiger partial charge in [-0.15, -0.1) is 0 Å². The number of aliphatic imine (C=N–C) groups is 1. The Balaban J connectivity index is 1.24. The first-order valence-corrected chi connectivity index (χ1v) is 15.9. The Hall–Kier alpha value is -5.47. The maximum Gasteiger partial charge on any atom is 0.0746 e. The molecule has 1 aliphatic carbocycles. The van der Waals surface area contributed by atoms with Crippen LogP contribution < -0.4 is 5.32 Å². The number of dihydropyridines is 1. The number of nitrogens with one attached hydrogen (secondary N) is 1. The van der Waals surface area contributed by atoms with Gasteiger partial charge in [0.1, 0.15) is 0 Å². The Kier molecular flexibility index (Phi) is 7.17. The second kappa shape index (κ2) is 11.9. The van der Waals surface area contributed by atoms with Crippen molar-refractivity contribution < 1.29 is 0 Å². The summed E-state index contributed by atoms with van der Waals surface area (Å²) in [5.41, 5.74) is 11.0. The molecule has 8 rings (SSSR count). The van der Waals surface area contributed by atoms with E-state index in [1.54, 1.807) is 0 Å². The minimum atomic E-state index is 0.111. The van der Waals surface area contributed by atoms with Crippen molar-refractivity contribution in [1.82, 2.24) is 5.32 Å². The van der Waals surface area contributed by atoms with Crippen molar-refractivity contribution in [2.24, 2.45) is 4.99 Å². The number of hydrogen-bond acceptors (Lipinski definition) is 2. The predicted molar refractivity (Wildman–Crippen MR) is 193 cm³/mol. The van der Waals surface area contributed by atoms with E-state index >= 15 is 0 Å². The van der Waals surface area contributed by atoms with Gasteiger partial charge in [0.05, 0.1) is 11.7 Å². The van der Waals surface area contributed by atoms with Crippen LogP contribution in [0.4, 0.5) is 5.69 Å². The molecule has 1 unspecified atom stereocenters. The molecule has 1 N–H and O–H groups in total. The molecule has 0 fully saturated rings. The first-order valence-electron chi connectivity index (χ1n) is 15.9. The van der Waals surface area contributed by atoms with Crippen LogP contribution in [0.5, 0.6) is 0 Å². The third kappa shape index (κ3) is 5.30. The van der Waals surface area contributed by atoms with Gasteiger partial charge in [-0.25, -0.2) is 0 Å². The Morgan fingerprint density at radius 3 is 2.38 bits per heavy atom. The molecule has 2 heteroatoms. The van der Waals surface area contributed by atoms with Crippen LogP contribution in [-0.2, 0) is 6.42 Å². The highest BCUT2D eigenvalue weighted by atomic mass is 14.9. The van der Waals surface area contributed by atoms with E-state index < -0.39 is 0 Å². The molecule has 2 aliphatic heterocycles. The highest BCUT2D eigenvalue weighted by Gasteiger charge is 2.20. The first kappa shape index (κ1) is 27.1. The lowest BCUT2D eigenvalue weighted by atomic mass is 9.89. The molecule has 0 aromatic heterocycles. The van der Waals surface area contributed by atoms with E-state index in [9.17, 15) is 0 Å². The van der Waals surface area contributed by atoms with E-state index in [-0.39, 0.29) is 6.04 Å². The van der Waals surface area contributed by atoms with Crippen molar-refractivity contribution in [3.63, 3.8) is 0 Å². The lowest BCUT2D eigenvalue weighted by Crippen LogP contribution is -2.30. The maximum absolute atomic E-state index is 4.90. The molecule has 3 aliphatic rings. The first-order chi connectivity index (χ1) is 22.3. The van der Waals surface area contributed by atoms with Gasteiger partial charge in [0.15, 0.2) is 0 Å². The number of hydrogen-bond donors (Lipinski definition) is 1. The monoisotopic (exact) mass is 578 g/mol. The van der Waals surface area contributed by atoms with Gasteiger partial charge in [-0.1, -0.05) is 127 Å². The number of rotatable bonds is 4. The quantitative estimate of drug-likeness (QED) is 0.211. The summed E-state index contributed by atoms with van der Waals surface area (Å²) in [7, 11) is 0. The molecular formula is C43H34N2. The van der Waals surface area contributed by atoms with Crippen molar-refractivity contribution in [2.45, 2.75) is 25.3 Å². The third-order valence-corrected chi connectivity index (χ3v) is 9.08. The van der Waals surface area contributed by atoms with Crippen molar-refractivity contribution in [3.05, 3.63) is 174 Å². The van der Waals surface area contributed by atoms with Crippen LogP contribution in [0.15, 0.2) is 162 Å². The fraction of sp³-hybridized carbons (Fsp3) is 0.0930. The van der Waals surface area contributed by atoms with E-state index in [1.165, 1.54) is 60.5 Å². The second-order valence-electron chi connectivity index (χ2n) is 11.9. The van der Waals surface area contributed by atoms with Crippen LogP contribution in [0.1, 0.15) is 29.5 Å². The molecule has 0 saturated heterocycles. The molecular weight excluding hydrogens is 544 g/mol. The Morgan fingerprint density at radius 1 is 0.622 bits per heavy atom. The molecule has 2 nitrogen and oxygen atoms in total. The Bertz CT molecular complexity index is 2150. The number of fused-ring (bicyclic) bond motifs is 6.